The summed E-state index contributed by atoms with van der Waals surface area (Å²) in [5, 5.41) is 9.13. The molecule has 0 aromatic heterocycles. The highest BCUT2D eigenvalue weighted by molar-refractivity contribution is 5.14. The van der Waals surface area contributed by atoms with Crippen molar-refractivity contribution in [3.63, 3.8) is 0 Å². The van der Waals surface area contributed by atoms with Crippen LogP contribution in [0.2, 0.25) is 0 Å². The zero-order valence-corrected chi connectivity index (χ0v) is 10.4. The molecule has 1 aromatic carbocycles. The summed E-state index contributed by atoms with van der Waals surface area (Å²) in [5.74, 6) is 0.558. The molecular weight excluding hydrogens is 196 g/mol. The van der Waals surface area contributed by atoms with E-state index in [2.05, 4.69) is 36.9 Å². The molecule has 86 valence electrons. The van der Waals surface area contributed by atoms with Crippen LogP contribution in [0.25, 0.3) is 0 Å². The lowest BCUT2D eigenvalue weighted by atomic mass is 10.0. The highest BCUT2D eigenvalue weighted by atomic mass is 15.1. The summed E-state index contributed by atoms with van der Waals surface area (Å²) in [4.78, 5) is 2.12. The van der Waals surface area contributed by atoms with Gasteiger partial charge in [-0.2, -0.15) is 5.26 Å². The second-order valence-electron chi connectivity index (χ2n) is 4.68. The summed E-state index contributed by atoms with van der Waals surface area (Å²) >= 11 is 0. The number of benzene rings is 1. The van der Waals surface area contributed by atoms with E-state index in [0.29, 0.717) is 5.92 Å². The SMILES string of the molecule is CC(C)CC(C#N)N(C)Cc1ccccc1. The molecule has 0 saturated heterocycles. The first-order valence-corrected chi connectivity index (χ1v) is 5.77. The van der Waals surface area contributed by atoms with Gasteiger partial charge in [0.25, 0.3) is 0 Å². The fourth-order valence-corrected chi connectivity index (χ4v) is 1.76. The molecule has 0 saturated carbocycles. The van der Waals surface area contributed by atoms with Gasteiger partial charge in [0.2, 0.25) is 0 Å². The monoisotopic (exact) mass is 216 g/mol. The Morgan fingerprint density at radius 1 is 1.25 bits per heavy atom. The highest BCUT2D eigenvalue weighted by Gasteiger charge is 2.15. The fraction of sp³-hybridized carbons (Fsp3) is 0.500. The Hall–Kier alpha value is -1.33. The average molecular weight is 216 g/mol. The minimum Gasteiger partial charge on any atom is -0.287 e. The average Bonchev–Trinajstić information content (AvgIpc) is 2.26. The Balaban J connectivity index is 2.57. The van der Waals surface area contributed by atoms with Crippen molar-refractivity contribution in [2.24, 2.45) is 5.92 Å². The first-order chi connectivity index (χ1) is 7.63. The lowest BCUT2D eigenvalue weighted by Crippen LogP contribution is -2.31. The summed E-state index contributed by atoms with van der Waals surface area (Å²) in [6.45, 7) is 5.15. The normalized spacial score (nSPS) is 12.8. The molecule has 1 aromatic rings. The molecule has 16 heavy (non-hydrogen) atoms. The van der Waals surface area contributed by atoms with E-state index in [1.807, 2.05) is 25.2 Å². The fourth-order valence-electron chi connectivity index (χ4n) is 1.76. The van der Waals surface area contributed by atoms with E-state index in [1.54, 1.807) is 0 Å². The van der Waals surface area contributed by atoms with Gasteiger partial charge < -0.3 is 0 Å². The first kappa shape index (κ1) is 12.7. The summed E-state index contributed by atoms with van der Waals surface area (Å²) < 4.78 is 0. The summed E-state index contributed by atoms with van der Waals surface area (Å²) in [6, 6.07) is 12.7. The van der Waals surface area contributed by atoms with Crippen molar-refractivity contribution in [1.82, 2.24) is 4.90 Å². The predicted molar refractivity (Wildman–Crippen MR) is 66.8 cm³/mol. The van der Waals surface area contributed by atoms with E-state index in [4.69, 9.17) is 5.26 Å². The van der Waals surface area contributed by atoms with Crippen LogP contribution in [0.4, 0.5) is 0 Å². The van der Waals surface area contributed by atoms with Gasteiger partial charge in [0, 0.05) is 6.54 Å². The molecule has 0 aliphatic heterocycles. The van der Waals surface area contributed by atoms with Gasteiger partial charge in [-0.3, -0.25) is 4.90 Å². The van der Waals surface area contributed by atoms with E-state index in [1.165, 1.54) is 5.56 Å². The molecule has 0 aliphatic rings. The molecule has 1 atom stereocenters. The molecule has 0 amide bonds. The molecule has 1 unspecified atom stereocenters. The molecule has 0 bridgehead atoms. The molecule has 2 nitrogen and oxygen atoms in total. The Morgan fingerprint density at radius 2 is 1.88 bits per heavy atom. The largest absolute Gasteiger partial charge is 0.287 e. The maximum atomic E-state index is 9.13. The van der Waals surface area contributed by atoms with Crippen molar-refractivity contribution in [1.29, 1.82) is 5.26 Å². The Morgan fingerprint density at radius 3 is 2.38 bits per heavy atom. The van der Waals surface area contributed by atoms with E-state index in [-0.39, 0.29) is 6.04 Å². The lowest BCUT2D eigenvalue weighted by molar-refractivity contribution is 0.250. The summed E-state index contributed by atoms with van der Waals surface area (Å²) in [7, 11) is 2.02. The Bertz CT molecular complexity index is 338. The number of hydrogen-bond donors (Lipinski definition) is 0. The van der Waals surface area contributed by atoms with Crippen LogP contribution in [-0.4, -0.2) is 18.0 Å². The van der Waals surface area contributed by atoms with Crippen LogP contribution in [0.3, 0.4) is 0 Å². The third-order valence-electron chi connectivity index (χ3n) is 2.65. The zero-order valence-electron chi connectivity index (χ0n) is 10.4. The minimum absolute atomic E-state index is 0.0141. The Labute approximate surface area is 98.5 Å². The molecule has 1 rings (SSSR count). The van der Waals surface area contributed by atoms with Gasteiger partial charge in [0.1, 0.15) is 0 Å². The number of hydrogen-bond acceptors (Lipinski definition) is 2. The number of nitriles is 1. The van der Waals surface area contributed by atoms with E-state index in [0.717, 1.165) is 13.0 Å². The molecule has 0 radical (unpaired) electrons. The van der Waals surface area contributed by atoms with Crippen LogP contribution in [0.5, 0.6) is 0 Å². The van der Waals surface area contributed by atoms with Crippen LogP contribution >= 0.6 is 0 Å². The molecular formula is C14H20N2. The van der Waals surface area contributed by atoms with Gasteiger partial charge in [-0.05, 0) is 24.9 Å². The van der Waals surface area contributed by atoms with Gasteiger partial charge in [0.05, 0.1) is 12.1 Å². The van der Waals surface area contributed by atoms with Crippen molar-refractivity contribution in [2.75, 3.05) is 7.05 Å². The van der Waals surface area contributed by atoms with Crippen molar-refractivity contribution in [3.8, 4) is 6.07 Å². The third kappa shape index (κ3) is 4.04. The summed E-state index contributed by atoms with van der Waals surface area (Å²) in [6.07, 6.45) is 0.930. The van der Waals surface area contributed by atoms with Crippen LogP contribution in [0.15, 0.2) is 30.3 Å². The van der Waals surface area contributed by atoms with E-state index >= 15 is 0 Å². The smallest absolute Gasteiger partial charge is 0.0980 e. The van der Waals surface area contributed by atoms with Gasteiger partial charge in [-0.1, -0.05) is 44.2 Å². The maximum Gasteiger partial charge on any atom is 0.0980 e. The van der Waals surface area contributed by atoms with Crippen LogP contribution in [0, 0.1) is 17.2 Å². The van der Waals surface area contributed by atoms with Gasteiger partial charge in [-0.25, -0.2) is 0 Å². The van der Waals surface area contributed by atoms with Crippen molar-refractivity contribution in [2.45, 2.75) is 32.9 Å². The van der Waals surface area contributed by atoms with Crippen LogP contribution in [-0.2, 0) is 6.54 Å². The van der Waals surface area contributed by atoms with Crippen molar-refractivity contribution in [3.05, 3.63) is 35.9 Å². The predicted octanol–water partition coefficient (Wildman–Crippen LogP) is 3.06. The number of rotatable bonds is 5. The van der Waals surface area contributed by atoms with E-state index in [9.17, 15) is 0 Å². The standard InChI is InChI=1S/C14H20N2/c1-12(2)9-14(10-15)16(3)11-13-7-5-4-6-8-13/h4-8,12,14H,9,11H2,1-3H3. The maximum absolute atomic E-state index is 9.13. The Kier molecular flexibility index (Phi) is 5.01. The van der Waals surface area contributed by atoms with Gasteiger partial charge >= 0.3 is 0 Å². The van der Waals surface area contributed by atoms with Crippen LogP contribution < -0.4 is 0 Å². The molecule has 2 heteroatoms. The topological polar surface area (TPSA) is 27.0 Å². The molecule has 0 spiro atoms. The van der Waals surface area contributed by atoms with Crippen molar-refractivity contribution >= 4 is 0 Å². The molecule has 0 aliphatic carbocycles. The zero-order chi connectivity index (χ0) is 12.0. The quantitative estimate of drug-likeness (QED) is 0.756. The highest BCUT2D eigenvalue weighted by Crippen LogP contribution is 2.12. The number of nitrogens with zero attached hydrogens (tertiary/aromatic N) is 2. The minimum atomic E-state index is 0.0141. The van der Waals surface area contributed by atoms with Crippen molar-refractivity contribution < 1.29 is 0 Å². The van der Waals surface area contributed by atoms with Gasteiger partial charge in [-0.15, -0.1) is 0 Å². The second-order valence-corrected chi connectivity index (χ2v) is 4.68. The first-order valence-electron chi connectivity index (χ1n) is 5.77. The summed E-state index contributed by atoms with van der Waals surface area (Å²) in [5.41, 5.74) is 1.26. The van der Waals surface area contributed by atoms with Crippen LogP contribution in [0.1, 0.15) is 25.8 Å². The molecule has 0 fully saturated rings. The van der Waals surface area contributed by atoms with Gasteiger partial charge in [0.15, 0.2) is 0 Å². The lowest BCUT2D eigenvalue weighted by Gasteiger charge is -2.23. The van der Waals surface area contributed by atoms with E-state index < -0.39 is 0 Å². The third-order valence-corrected chi connectivity index (χ3v) is 2.65. The second kappa shape index (κ2) is 6.30. The molecule has 0 heterocycles. The molecule has 0 N–H and O–H groups in total.